The average Bonchev–Trinajstić information content (AvgIpc) is 2.89. The molecule has 1 aliphatic heterocycles. The van der Waals surface area contributed by atoms with Crippen molar-refractivity contribution in [1.82, 2.24) is 4.90 Å². The van der Waals surface area contributed by atoms with Crippen LogP contribution >= 0.6 is 23.4 Å². The molecular weight excluding hydrogens is 394 g/mol. The zero-order chi connectivity index (χ0) is 20.4. The second-order valence-corrected chi connectivity index (χ2v) is 8.44. The molecule has 7 heteroatoms. The van der Waals surface area contributed by atoms with Gasteiger partial charge in [-0.25, -0.2) is 4.99 Å². The third-order valence-corrected chi connectivity index (χ3v) is 6.23. The van der Waals surface area contributed by atoms with E-state index in [2.05, 4.69) is 10.3 Å². The highest BCUT2D eigenvalue weighted by atomic mass is 35.5. The third kappa shape index (κ3) is 4.39. The van der Waals surface area contributed by atoms with Gasteiger partial charge in [-0.2, -0.15) is 0 Å². The van der Waals surface area contributed by atoms with Gasteiger partial charge in [0.1, 0.15) is 5.25 Å². The maximum absolute atomic E-state index is 12.6. The van der Waals surface area contributed by atoms with E-state index < -0.39 is 5.25 Å². The summed E-state index contributed by atoms with van der Waals surface area (Å²) in [6.45, 7) is 5.88. The standard InChI is InChI=1S/C21H22ClN3O2S/c1-12-6-5-7-17(14(12)3)23-19(26)11-18-20(27)25(4)21(28-18)24-16-9-8-15(22)10-13(16)2/h5-10,18H,11H2,1-4H3,(H,23,26)/t18-/m1/s1. The van der Waals surface area contributed by atoms with Gasteiger partial charge in [-0.1, -0.05) is 35.5 Å². The van der Waals surface area contributed by atoms with E-state index in [1.807, 2.05) is 51.1 Å². The number of carbonyl (C=O) groups excluding carboxylic acids is 2. The molecule has 0 aromatic heterocycles. The number of halogens is 1. The highest BCUT2D eigenvalue weighted by molar-refractivity contribution is 8.15. The van der Waals surface area contributed by atoms with Gasteiger partial charge >= 0.3 is 0 Å². The lowest BCUT2D eigenvalue weighted by Gasteiger charge is -2.12. The molecule has 1 atom stereocenters. The van der Waals surface area contributed by atoms with Gasteiger partial charge in [0, 0.05) is 24.2 Å². The van der Waals surface area contributed by atoms with Crippen molar-refractivity contribution in [3.8, 4) is 0 Å². The first-order valence-electron chi connectivity index (χ1n) is 8.91. The molecule has 0 radical (unpaired) electrons. The minimum atomic E-state index is -0.485. The van der Waals surface area contributed by atoms with Gasteiger partial charge in [0.15, 0.2) is 5.17 Å². The monoisotopic (exact) mass is 415 g/mol. The van der Waals surface area contributed by atoms with Gasteiger partial charge in [-0.15, -0.1) is 0 Å². The van der Waals surface area contributed by atoms with Gasteiger partial charge in [0.05, 0.1) is 5.69 Å². The van der Waals surface area contributed by atoms with Crippen LogP contribution < -0.4 is 5.32 Å². The quantitative estimate of drug-likeness (QED) is 0.775. The summed E-state index contributed by atoms with van der Waals surface area (Å²) in [5, 5.41) is 3.66. The zero-order valence-corrected chi connectivity index (χ0v) is 17.8. The number of carbonyl (C=O) groups is 2. The number of thioether (sulfide) groups is 1. The highest BCUT2D eigenvalue weighted by Gasteiger charge is 2.37. The Morgan fingerprint density at radius 2 is 1.96 bits per heavy atom. The molecule has 0 saturated carbocycles. The van der Waals surface area contributed by atoms with Gasteiger partial charge in [-0.05, 0) is 61.7 Å². The minimum absolute atomic E-state index is 0.0971. The predicted molar refractivity (Wildman–Crippen MR) is 117 cm³/mol. The van der Waals surface area contributed by atoms with Crippen LogP contribution in [0.4, 0.5) is 11.4 Å². The molecule has 2 aromatic rings. The van der Waals surface area contributed by atoms with E-state index in [9.17, 15) is 9.59 Å². The first-order chi connectivity index (χ1) is 13.3. The number of rotatable bonds is 4. The summed E-state index contributed by atoms with van der Waals surface area (Å²) in [4.78, 5) is 31.2. The van der Waals surface area contributed by atoms with Crippen LogP contribution in [0.3, 0.4) is 0 Å². The van der Waals surface area contributed by atoms with Crippen LogP contribution in [0, 0.1) is 20.8 Å². The van der Waals surface area contributed by atoms with E-state index in [0.717, 1.165) is 28.1 Å². The number of benzene rings is 2. The fourth-order valence-electron chi connectivity index (χ4n) is 2.90. The van der Waals surface area contributed by atoms with E-state index in [4.69, 9.17) is 11.6 Å². The molecule has 1 aliphatic rings. The maximum atomic E-state index is 12.6. The first-order valence-corrected chi connectivity index (χ1v) is 10.2. The van der Waals surface area contributed by atoms with E-state index in [0.29, 0.717) is 10.2 Å². The third-order valence-electron chi connectivity index (χ3n) is 4.77. The normalized spacial score (nSPS) is 18.0. The van der Waals surface area contributed by atoms with Gasteiger partial charge < -0.3 is 5.32 Å². The lowest BCUT2D eigenvalue weighted by molar-refractivity contribution is -0.127. The molecule has 146 valence electrons. The van der Waals surface area contributed by atoms with Crippen molar-refractivity contribution in [3.05, 3.63) is 58.1 Å². The van der Waals surface area contributed by atoms with Crippen LogP contribution in [0.2, 0.25) is 5.02 Å². The molecule has 28 heavy (non-hydrogen) atoms. The number of aryl methyl sites for hydroxylation is 2. The molecule has 5 nitrogen and oxygen atoms in total. The lowest BCUT2D eigenvalue weighted by atomic mass is 10.1. The van der Waals surface area contributed by atoms with E-state index >= 15 is 0 Å². The molecular formula is C21H22ClN3O2S. The Labute approximate surface area is 174 Å². The van der Waals surface area contributed by atoms with Crippen LogP contribution in [0.5, 0.6) is 0 Å². The van der Waals surface area contributed by atoms with E-state index in [1.165, 1.54) is 16.7 Å². The molecule has 1 N–H and O–H groups in total. The number of anilines is 1. The summed E-state index contributed by atoms with van der Waals surface area (Å²) in [5.74, 6) is -0.302. The maximum Gasteiger partial charge on any atom is 0.242 e. The van der Waals surface area contributed by atoms with Crippen molar-refractivity contribution < 1.29 is 9.59 Å². The number of amidine groups is 1. The summed E-state index contributed by atoms with van der Waals surface area (Å²) in [6.07, 6.45) is 0.0971. The largest absolute Gasteiger partial charge is 0.326 e. The van der Waals surface area contributed by atoms with Gasteiger partial charge in [0.25, 0.3) is 0 Å². The fourth-order valence-corrected chi connectivity index (χ4v) is 4.27. The van der Waals surface area contributed by atoms with Crippen LogP contribution in [0.25, 0.3) is 0 Å². The molecule has 0 unspecified atom stereocenters. The topological polar surface area (TPSA) is 61.8 Å². The Balaban J connectivity index is 1.72. The summed E-state index contributed by atoms with van der Waals surface area (Å²) >= 11 is 7.30. The Morgan fingerprint density at radius 1 is 1.21 bits per heavy atom. The highest BCUT2D eigenvalue weighted by Crippen LogP contribution is 2.32. The number of amides is 2. The van der Waals surface area contributed by atoms with Crippen molar-refractivity contribution >= 4 is 51.7 Å². The summed E-state index contributed by atoms with van der Waals surface area (Å²) in [6, 6.07) is 11.2. The molecule has 2 aromatic carbocycles. The van der Waals surface area contributed by atoms with Crippen molar-refractivity contribution in [3.63, 3.8) is 0 Å². The number of aliphatic imine (C=N–C) groups is 1. The molecule has 0 bridgehead atoms. The van der Waals surface area contributed by atoms with E-state index in [-0.39, 0.29) is 18.2 Å². The van der Waals surface area contributed by atoms with Gasteiger partial charge in [-0.3, -0.25) is 14.5 Å². The Bertz CT molecular complexity index is 974. The SMILES string of the molecule is Cc1cc(Cl)ccc1N=C1S[C@H](CC(=O)Nc2cccc(C)c2C)C(=O)N1C. The van der Waals surface area contributed by atoms with Crippen molar-refractivity contribution in [2.75, 3.05) is 12.4 Å². The lowest BCUT2D eigenvalue weighted by Crippen LogP contribution is -2.30. The van der Waals surface area contributed by atoms with Crippen molar-refractivity contribution in [2.45, 2.75) is 32.4 Å². The molecule has 1 fully saturated rings. The molecule has 3 rings (SSSR count). The van der Waals surface area contributed by atoms with Crippen molar-refractivity contribution in [1.29, 1.82) is 0 Å². The summed E-state index contributed by atoms with van der Waals surface area (Å²) in [7, 11) is 1.68. The smallest absolute Gasteiger partial charge is 0.242 e. The second-order valence-electron chi connectivity index (χ2n) is 6.83. The Hall–Kier alpha value is -2.31. The van der Waals surface area contributed by atoms with Crippen LogP contribution in [0.1, 0.15) is 23.1 Å². The molecule has 1 saturated heterocycles. The summed E-state index contributed by atoms with van der Waals surface area (Å²) in [5.41, 5.74) is 4.60. The zero-order valence-electron chi connectivity index (χ0n) is 16.2. The molecule has 0 aliphatic carbocycles. The molecule has 0 spiro atoms. The van der Waals surface area contributed by atoms with Crippen LogP contribution in [0.15, 0.2) is 41.4 Å². The average molecular weight is 416 g/mol. The fraction of sp³-hybridized carbons (Fsp3) is 0.286. The number of nitrogens with zero attached hydrogens (tertiary/aromatic N) is 2. The van der Waals surface area contributed by atoms with Crippen LogP contribution in [-0.4, -0.2) is 34.2 Å². The van der Waals surface area contributed by atoms with Gasteiger partial charge in [0.2, 0.25) is 11.8 Å². The van der Waals surface area contributed by atoms with Crippen LogP contribution in [-0.2, 0) is 9.59 Å². The first kappa shape index (κ1) is 20.4. The number of hydrogen-bond donors (Lipinski definition) is 1. The minimum Gasteiger partial charge on any atom is -0.326 e. The van der Waals surface area contributed by atoms with E-state index in [1.54, 1.807) is 13.1 Å². The Kier molecular flexibility index (Phi) is 6.10. The predicted octanol–water partition coefficient (Wildman–Crippen LogP) is 4.86. The number of nitrogens with one attached hydrogen (secondary N) is 1. The Morgan fingerprint density at radius 3 is 2.68 bits per heavy atom. The number of hydrogen-bond acceptors (Lipinski definition) is 4. The molecule has 2 amide bonds. The molecule has 1 heterocycles. The van der Waals surface area contributed by atoms with Crippen molar-refractivity contribution in [2.24, 2.45) is 4.99 Å². The second kappa shape index (κ2) is 8.37. The summed E-state index contributed by atoms with van der Waals surface area (Å²) < 4.78 is 0.